The summed E-state index contributed by atoms with van der Waals surface area (Å²) in [5, 5.41) is 9.98. The summed E-state index contributed by atoms with van der Waals surface area (Å²) in [5.41, 5.74) is 0.767. The van der Waals surface area contributed by atoms with Gasteiger partial charge in [-0.3, -0.25) is 0 Å². The van der Waals surface area contributed by atoms with E-state index >= 15 is 0 Å². The molecule has 0 saturated heterocycles. The smallest absolute Gasteiger partial charge is 0.336 e. The van der Waals surface area contributed by atoms with Crippen LogP contribution in [-0.2, 0) is 0 Å². The molecule has 2 aromatic carbocycles. The van der Waals surface area contributed by atoms with Gasteiger partial charge in [0.05, 0.1) is 25.7 Å². The Hall–Kier alpha value is -0.450. The van der Waals surface area contributed by atoms with Gasteiger partial charge >= 0.3 is 5.97 Å². The molecule has 0 aliphatic carbocycles. The van der Waals surface area contributed by atoms with Crippen LogP contribution in [0.2, 0.25) is 20.1 Å². The lowest BCUT2D eigenvalue weighted by atomic mass is 9.99. The minimum Gasteiger partial charge on any atom is -0.478 e. The lowest BCUT2D eigenvalue weighted by molar-refractivity contribution is 0.0697. The van der Waals surface area contributed by atoms with Gasteiger partial charge in [0.25, 0.3) is 0 Å². The van der Waals surface area contributed by atoms with E-state index in [9.17, 15) is 9.90 Å². The van der Waals surface area contributed by atoms with Crippen LogP contribution < -0.4 is 0 Å². The molecule has 0 saturated carbocycles. The molecule has 104 valence electrons. The van der Waals surface area contributed by atoms with Crippen LogP contribution in [0, 0.1) is 0 Å². The van der Waals surface area contributed by atoms with Crippen molar-refractivity contribution in [2.24, 2.45) is 0 Å². The van der Waals surface area contributed by atoms with Gasteiger partial charge in [0.2, 0.25) is 0 Å². The quantitative estimate of drug-likeness (QED) is 0.454. The number of benzene rings is 2. The van der Waals surface area contributed by atoms with Crippen molar-refractivity contribution < 1.29 is 9.90 Å². The third kappa shape index (κ3) is 2.92. The number of halogens is 5. The predicted molar refractivity (Wildman–Crippen MR) is 86.6 cm³/mol. The molecule has 2 rings (SSSR count). The molecule has 0 fully saturated rings. The van der Waals surface area contributed by atoms with Gasteiger partial charge in [-0.2, -0.15) is 0 Å². The first-order valence-electron chi connectivity index (χ1n) is 5.19. The highest BCUT2D eigenvalue weighted by molar-refractivity contribution is 9.10. The third-order valence-corrected chi connectivity index (χ3v) is 4.65. The minimum atomic E-state index is -1.10. The first-order chi connectivity index (χ1) is 9.32. The second-order valence-electron chi connectivity index (χ2n) is 3.84. The molecule has 2 aromatic rings. The van der Waals surface area contributed by atoms with E-state index in [0.717, 1.165) is 0 Å². The van der Waals surface area contributed by atoms with Gasteiger partial charge in [-0.05, 0) is 23.8 Å². The largest absolute Gasteiger partial charge is 0.478 e. The van der Waals surface area contributed by atoms with E-state index in [-0.39, 0.29) is 25.7 Å². The number of aromatic carboxylic acids is 1. The second-order valence-corrected chi connectivity index (χ2v) is 6.32. The van der Waals surface area contributed by atoms with Crippen LogP contribution in [-0.4, -0.2) is 11.1 Å². The maximum Gasteiger partial charge on any atom is 0.336 e. The summed E-state index contributed by atoms with van der Waals surface area (Å²) in [7, 11) is 0. The summed E-state index contributed by atoms with van der Waals surface area (Å²) in [6.07, 6.45) is 0. The van der Waals surface area contributed by atoms with E-state index < -0.39 is 5.97 Å². The first kappa shape index (κ1) is 15.9. The average Bonchev–Trinajstić information content (AvgIpc) is 2.37. The Labute approximate surface area is 143 Å². The molecule has 2 nitrogen and oxygen atoms in total. The van der Waals surface area contributed by atoms with E-state index in [1.165, 1.54) is 12.1 Å². The van der Waals surface area contributed by atoms with Gasteiger partial charge in [0.15, 0.2) is 0 Å². The van der Waals surface area contributed by atoms with Gasteiger partial charge in [-0.15, -0.1) is 0 Å². The van der Waals surface area contributed by atoms with Gasteiger partial charge in [0, 0.05) is 10.0 Å². The molecule has 7 heteroatoms. The Bertz CT molecular complexity index is 716. The van der Waals surface area contributed by atoms with Gasteiger partial charge in [0.1, 0.15) is 0 Å². The van der Waals surface area contributed by atoms with E-state index in [1.807, 2.05) is 0 Å². The zero-order valence-corrected chi connectivity index (χ0v) is 14.2. The molecule has 0 atom stereocenters. The van der Waals surface area contributed by atoms with E-state index in [4.69, 9.17) is 46.4 Å². The molecule has 20 heavy (non-hydrogen) atoms. The highest BCUT2D eigenvalue weighted by atomic mass is 79.9. The lowest BCUT2D eigenvalue weighted by Gasteiger charge is -2.13. The molecule has 0 amide bonds. The fourth-order valence-electron chi connectivity index (χ4n) is 1.72. The van der Waals surface area contributed by atoms with Crippen molar-refractivity contribution in [2.75, 3.05) is 0 Å². The Morgan fingerprint density at radius 1 is 1.00 bits per heavy atom. The Balaban J connectivity index is 2.82. The third-order valence-electron chi connectivity index (χ3n) is 2.60. The molecule has 0 radical (unpaired) electrons. The normalized spacial score (nSPS) is 10.7. The van der Waals surface area contributed by atoms with E-state index in [1.54, 1.807) is 12.1 Å². The van der Waals surface area contributed by atoms with Crippen LogP contribution >= 0.6 is 62.3 Å². The molecule has 0 aromatic heterocycles. The van der Waals surface area contributed by atoms with E-state index in [0.29, 0.717) is 15.6 Å². The van der Waals surface area contributed by atoms with Crippen molar-refractivity contribution in [3.63, 3.8) is 0 Å². The molecule has 0 aliphatic rings. The lowest BCUT2D eigenvalue weighted by Crippen LogP contribution is -2.00. The summed E-state index contributed by atoms with van der Waals surface area (Å²) in [6, 6.07) is 6.19. The SMILES string of the molecule is O=C(O)c1cc(Br)ccc1-c1c(Cl)cc(Cl)c(Cl)c1Cl. The molecule has 0 heterocycles. The predicted octanol–water partition coefficient (Wildman–Crippen LogP) is 6.43. The number of carbonyl (C=O) groups is 1. The van der Waals surface area contributed by atoms with Crippen LogP contribution in [0.4, 0.5) is 0 Å². The second kappa shape index (κ2) is 6.12. The Kier molecular flexibility index (Phi) is 4.88. The van der Waals surface area contributed by atoms with Crippen LogP contribution in [0.5, 0.6) is 0 Å². The van der Waals surface area contributed by atoms with Crippen LogP contribution in [0.25, 0.3) is 11.1 Å². The fourth-order valence-corrected chi connectivity index (χ4v) is 3.20. The van der Waals surface area contributed by atoms with Crippen molar-refractivity contribution in [1.29, 1.82) is 0 Å². The molecule has 0 spiro atoms. The zero-order chi connectivity index (χ0) is 15.0. The zero-order valence-electron chi connectivity index (χ0n) is 9.55. The first-order valence-corrected chi connectivity index (χ1v) is 7.49. The minimum absolute atomic E-state index is 0.0570. The average molecular weight is 415 g/mol. The number of carboxylic acids is 1. The summed E-state index contributed by atoms with van der Waals surface area (Å²) in [5.74, 6) is -1.10. The Morgan fingerprint density at radius 3 is 2.25 bits per heavy atom. The summed E-state index contributed by atoms with van der Waals surface area (Å²) < 4.78 is 0.631. The molecular formula is C13H5BrCl4O2. The molecule has 0 unspecified atom stereocenters. The molecule has 0 bridgehead atoms. The summed E-state index contributed by atoms with van der Waals surface area (Å²) in [6.45, 7) is 0. The van der Waals surface area contributed by atoms with Crippen molar-refractivity contribution in [3.8, 4) is 11.1 Å². The van der Waals surface area contributed by atoms with Crippen molar-refractivity contribution in [2.45, 2.75) is 0 Å². The van der Waals surface area contributed by atoms with E-state index in [2.05, 4.69) is 15.9 Å². The van der Waals surface area contributed by atoms with Crippen LogP contribution in [0.3, 0.4) is 0 Å². The number of hydrogen-bond donors (Lipinski definition) is 1. The van der Waals surface area contributed by atoms with Gasteiger partial charge < -0.3 is 5.11 Å². The maximum atomic E-state index is 11.4. The van der Waals surface area contributed by atoms with Gasteiger partial charge in [-0.1, -0.05) is 68.4 Å². The molecule has 1 N–H and O–H groups in total. The number of hydrogen-bond acceptors (Lipinski definition) is 1. The summed E-state index contributed by atoms with van der Waals surface area (Å²) in [4.78, 5) is 11.4. The summed E-state index contributed by atoms with van der Waals surface area (Å²) >= 11 is 27.4. The number of carboxylic acid groups (broad SMARTS) is 1. The Morgan fingerprint density at radius 2 is 1.65 bits per heavy atom. The molecule has 0 aliphatic heterocycles. The maximum absolute atomic E-state index is 11.4. The highest BCUT2D eigenvalue weighted by Crippen LogP contribution is 2.44. The molecular weight excluding hydrogens is 410 g/mol. The van der Waals surface area contributed by atoms with Crippen molar-refractivity contribution >= 4 is 68.3 Å². The van der Waals surface area contributed by atoms with Crippen LogP contribution in [0.15, 0.2) is 28.7 Å². The number of rotatable bonds is 2. The monoisotopic (exact) mass is 412 g/mol. The highest BCUT2D eigenvalue weighted by Gasteiger charge is 2.20. The van der Waals surface area contributed by atoms with Gasteiger partial charge in [-0.25, -0.2) is 4.79 Å². The fraction of sp³-hybridized carbons (Fsp3) is 0. The van der Waals surface area contributed by atoms with Crippen molar-refractivity contribution in [3.05, 3.63) is 54.4 Å². The van der Waals surface area contributed by atoms with Crippen LogP contribution in [0.1, 0.15) is 10.4 Å². The van der Waals surface area contributed by atoms with Crippen molar-refractivity contribution in [1.82, 2.24) is 0 Å². The standard InChI is InChI=1S/C13H5BrCl4O2/c14-5-1-2-6(7(3-5)13(19)20)10-8(15)4-9(16)11(17)12(10)18/h1-4H,(H,19,20). The topological polar surface area (TPSA) is 37.3 Å².